The van der Waals surface area contributed by atoms with Crippen LogP contribution < -0.4 is 9.13 Å². The van der Waals surface area contributed by atoms with Crippen LogP contribution in [0, 0.1) is 0 Å². The van der Waals surface area contributed by atoms with Crippen molar-refractivity contribution in [2.75, 3.05) is 0 Å². The predicted molar refractivity (Wildman–Crippen MR) is 115 cm³/mol. The molecular weight excluding hydrogens is 328 g/mol. The zero-order valence-corrected chi connectivity index (χ0v) is 16.9. The third-order valence-corrected chi connectivity index (χ3v) is 5.14. The molecule has 0 aliphatic carbocycles. The van der Waals surface area contributed by atoms with Crippen LogP contribution in [0.25, 0.3) is 12.2 Å². The summed E-state index contributed by atoms with van der Waals surface area (Å²) in [6.45, 7) is 9.84. The first-order valence-corrected chi connectivity index (χ1v) is 10.5. The van der Waals surface area contributed by atoms with Crippen molar-refractivity contribution in [1.82, 2.24) is 0 Å². The fourth-order valence-corrected chi connectivity index (χ4v) is 3.33. The average molecular weight is 365 g/mol. The minimum atomic E-state index is 1.13. The molecule has 0 aliphatic heterocycles. The van der Waals surface area contributed by atoms with Gasteiger partial charge in [0.05, 0.1) is 0 Å². The van der Waals surface area contributed by atoms with Crippen LogP contribution in [0.4, 0.5) is 0 Å². The molecule has 2 rings (SSSR count). The highest BCUT2D eigenvalue weighted by molar-refractivity contribution is 5.44. The van der Waals surface area contributed by atoms with Crippen LogP contribution in [-0.2, 0) is 13.1 Å². The van der Waals surface area contributed by atoms with E-state index in [1.165, 1.54) is 68.9 Å². The fraction of sp³-hybridized carbons (Fsp3) is 0.440. The molecule has 144 valence electrons. The number of unbranched alkanes of at least 4 members (excludes halogenated alkanes) is 8. The van der Waals surface area contributed by atoms with E-state index in [1.807, 2.05) is 12.2 Å². The lowest BCUT2D eigenvalue weighted by Crippen LogP contribution is -2.32. The summed E-state index contributed by atoms with van der Waals surface area (Å²) in [5.74, 6) is 0. The van der Waals surface area contributed by atoms with E-state index in [9.17, 15) is 0 Å². The maximum Gasteiger partial charge on any atom is 0.169 e. The van der Waals surface area contributed by atoms with Gasteiger partial charge in [0, 0.05) is 37.1 Å². The summed E-state index contributed by atoms with van der Waals surface area (Å²) in [6, 6.07) is 8.51. The summed E-state index contributed by atoms with van der Waals surface area (Å²) in [6.07, 6.45) is 24.6. The number of hydrogen-bond donors (Lipinski definition) is 0. The van der Waals surface area contributed by atoms with Crippen molar-refractivity contribution < 1.29 is 9.13 Å². The van der Waals surface area contributed by atoms with E-state index in [0.29, 0.717) is 0 Å². The summed E-state index contributed by atoms with van der Waals surface area (Å²) in [5.41, 5.74) is 2.38. The third kappa shape index (κ3) is 8.81. The van der Waals surface area contributed by atoms with Gasteiger partial charge in [0.1, 0.15) is 13.1 Å². The second kappa shape index (κ2) is 13.0. The summed E-state index contributed by atoms with van der Waals surface area (Å²) in [4.78, 5) is 0. The van der Waals surface area contributed by atoms with Gasteiger partial charge in [0.25, 0.3) is 0 Å². The molecule has 2 aromatic rings. The van der Waals surface area contributed by atoms with E-state index in [2.05, 4.69) is 71.3 Å². The molecule has 0 saturated carbocycles. The molecular formula is C25H36N2+2. The fourth-order valence-electron chi connectivity index (χ4n) is 3.33. The molecule has 2 nitrogen and oxygen atoms in total. The van der Waals surface area contributed by atoms with Gasteiger partial charge in [-0.1, -0.05) is 57.4 Å². The third-order valence-electron chi connectivity index (χ3n) is 5.14. The lowest BCUT2D eigenvalue weighted by Gasteiger charge is -2.02. The minimum Gasteiger partial charge on any atom is -0.205 e. The minimum absolute atomic E-state index is 1.13. The van der Waals surface area contributed by atoms with E-state index in [1.54, 1.807) is 0 Å². The van der Waals surface area contributed by atoms with Gasteiger partial charge in [-0.2, -0.15) is 0 Å². The Morgan fingerprint density at radius 1 is 0.519 bits per heavy atom. The SMILES string of the molecule is C=Cc1cc[n+](CCCCCCCCCCC[n+]2ccc(C=C)cc2)cc1. The molecule has 2 heteroatoms. The van der Waals surface area contributed by atoms with Crippen molar-refractivity contribution in [2.24, 2.45) is 0 Å². The van der Waals surface area contributed by atoms with Crippen LogP contribution in [0.15, 0.2) is 62.2 Å². The van der Waals surface area contributed by atoms with Crippen LogP contribution in [0.5, 0.6) is 0 Å². The molecule has 27 heavy (non-hydrogen) atoms. The van der Waals surface area contributed by atoms with Gasteiger partial charge in [0.2, 0.25) is 0 Å². The van der Waals surface area contributed by atoms with Crippen molar-refractivity contribution in [3.8, 4) is 0 Å². The van der Waals surface area contributed by atoms with Gasteiger partial charge in [0.15, 0.2) is 24.8 Å². The molecule has 0 amide bonds. The highest BCUT2D eigenvalue weighted by Crippen LogP contribution is 2.10. The Hall–Kier alpha value is -2.22. The molecule has 2 aromatic heterocycles. The van der Waals surface area contributed by atoms with Gasteiger partial charge in [-0.05, 0) is 24.0 Å². The van der Waals surface area contributed by atoms with Crippen molar-refractivity contribution in [1.29, 1.82) is 0 Å². The Balaban J connectivity index is 1.39. The molecule has 0 fully saturated rings. The Labute approximate surface area is 165 Å². The lowest BCUT2D eigenvalue weighted by molar-refractivity contribution is -0.697. The zero-order valence-electron chi connectivity index (χ0n) is 16.9. The van der Waals surface area contributed by atoms with E-state index < -0.39 is 0 Å². The largest absolute Gasteiger partial charge is 0.205 e. The van der Waals surface area contributed by atoms with E-state index in [0.717, 1.165) is 13.1 Å². The molecule has 0 atom stereocenters. The Morgan fingerprint density at radius 2 is 0.815 bits per heavy atom. The smallest absolute Gasteiger partial charge is 0.169 e. The van der Waals surface area contributed by atoms with Crippen molar-refractivity contribution in [2.45, 2.75) is 70.9 Å². The highest BCUT2D eigenvalue weighted by Gasteiger charge is 2.01. The van der Waals surface area contributed by atoms with E-state index >= 15 is 0 Å². The van der Waals surface area contributed by atoms with Crippen LogP contribution >= 0.6 is 0 Å². The molecule has 2 heterocycles. The monoisotopic (exact) mass is 364 g/mol. The van der Waals surface area contributed by atoms with Gasteiger partial charge < -0.3 is 0 Å². The molecule has 0 bridgehead atoms. The molecule has 0 unspecified atom stereocenters. The topological polar surface area (TPSA) is 7.76 Å². The normalized spacial score (nSPS) is 10.7. The molecule has 0 N–H and O–H groups in total. The number of hydrogen-bond acceptors (Lipinski definition) is 0. The average Bonchev–Trinajstić information content (AvgIpc) is 2.73. The van der Waals surface area contributed by atoms with Gasteiger partial charge >= 0.3 is 0 Å². The zero-order chi connectivity index (χ0) is 19.2. The number of nitrogens with zero attached hydrogens (tertiary/aromatic N) is 2. The van der Waals surface area contributed by atoms with Crippen molar-refractivity contribution in [3.05, 3.63) is 73.3 Å². The van der Waals surface area contributed by atoms with Gasteiger partial charge in [-0.3, -0.25) is 0 Å². The van der Waals surface area contributed by atoms with Crippen LogP contribution in [0.2, 0.25) is 0 Å². The maximum absolute atomic E-state index is 3.79. The number of rotatable bonds is 14. The van der Waals surface area contributed by atoms with Gasteiger partial charge in [-0.15, -0.1) is 0 Å². The van der Waals surface area contributed by atoms with E-state index in [-0.39, 0.29) is 0 Å². The standard InChI is InChI=1S/C25H36N2/c1-3-24-14-20-26(21-15-24)18-12-10-8-6-5-7-9-11-13-19-27-22-16-25(4-2)17-23-27/h3-4,14-17,20-23H,1-2,5-13,18-19H2/q+2. The van der Waals surface area contributed by atoms with Crippen LogP contribution in [0.3, 0.4) is 0 Å². The van der Waals surface area contributed by atoms with Crippen molar-refractivity contribution >= 4 is 12.2 Å². The molecule has 0 aromatic carbocycles. The Kier molecular flexibility index (Phi) is 10.2. The first-order chi connectivity index (χ1) is 13.3. The summed E-state index contributed by atoms with van der Waals surface area (Å²) >= 11 is 0. The number of aromatic nitrogens is 2. The van der Waals surface area contributed by atoms with Gasteiger partial charge in [-0.25, -0.2) is 9.13 Å². The number of aryl methyl sites for hydroxylation is 2. The highest BCUT2D eigenvalue weighted by atomic mass is 14.9. The maximum atomic E-state index is 3.79. The lowest BCUT2D eigenvalue weighted by atomic mass is 10.1. The Morgan fingerprint density at radius 3 is 1.11 bits per heavy atom. The van der Waals surface area contributed by atoms with Crippen molar-refractivity contribution in [3.63, 3.8) is 0 Å². The quantitative estimate of drug-likeness (QED) is 0.297. The summed E-state index contributed by atoms with van der Waals surface area (Å²) in [5, 5.41) is 0. The first kappa shape index (κ1) is 21.1. The molecule has 0 saturated heterocycles. The second-order valence-electron chi connectivity index (χ2n) is 7.33. The van der Waals surface area contributed by atoms with Crippen LogP contribution in [-0.4, -0.2) is 0 Å². The molecule has 0 spiro atoms. The Bertz CT molecular complexity index is 596. The first-order valence-electron chi connectivity index (χ1n) is 10.5. The van der Waals surface area contributed by atoms with Crippen LogP contribution in [0.1, 0.15) is 68.9 Å². The molecule has 0 radical (unpaired) electrons. The summed E-state index contributed by atoms with van der Waals surface area (Å²) in [7, 11) is 0. The second-order valence-corrected chi connectivity index (χ2v) is 7.33. The summed E-state index contributed by atoms with van der Waals surface area (Å²) < 4.78 is 4.55. The van der Waals surface area contributed by atoms with E-state index in [4.69, 9.17) is 0 Å². The number of pyridine rings is 2. The predicted octanol–water partition coefficient (Wildman–Crippen LogP) is 5.76. The molecule has 0 aliphatic rings.